The Hall–Kier alpha value is -2.09. The van der Waals surface area contributed by atoms with Gasteiger partial charge in [0.25, 0.3) is 0 Å². The molecule has 2 aliphatic heterocycles. The Kier molecular flexibility index (Phi) is 2.88. The number of benzene rings is 2. The molecule has 3 aliphatic rings. The van der Waals surface area contributed by atoms with Gasteiger partial charge in [0.2, 0.25) is 0 Å². The van der Waals surface area contributed by atoms with Crippen LogP contribution in [0.25, 0.3) is 0 Å². The van der Waals surface area contributed by atoms with E-state index in [4.69, 9.17) is 4.99 Å². The second-order valence-corrected chi connectivity index (χ2v) is 7.09. The van der Waals surface area contributed by atoms with E-state index in [-0.39, 0.29) is 5.41 Å². The topological polar surface area (TPSA) is 15.6 Å². The van der Waals surface area contributed by atoms with Crippen molar-refractivity contribution in [3.05, 3.63) is 65.7 Å². The molecule has 5 rings (SSSR count). The molecular weight excluding hydrogens is 280 g/mol. The Bertz CT molecular complexity index is 764. The zero-order valence-electron chi connectivity index (χ0n) is 13.4. The number of hydrogen-bond acceptors (Lipinski definition) is 2. The van der Waals surface area contributed by atoms with Crippen molar-refractivity contribution < 1.29 is 0 Å². The number of hydrogen-bond donors (Lipinski definition) is 0. The standard InChI is InChI=1S/C21H22N2/c1-2-7-16(8-3-1)15-23-18-10-5-4-9-17(18)21-13-14-22-19(21)11-6-12-20(21)23/h1-5,7-10,20H,6,11-15H2/t20-,21+/m0/s1. The monoisotopic (exact) mass is 302 g/mol. The van der Waals surface area contributed by atoms with Gasteiger partial charge < -0.3 is 4.90 Å². The van der Waals surface area contributed by atoms with Gasteiger partial charge in [-0.05, 0) is 42.9 Å². The second kappa shape index (κ2) is 4.95. The zero-order chi connectivity index (χ0) is 15.3. The first kappa shape index (κ1) is 13.4. The lowest BCUT2D eigenvalue weighted by Crippen LogP contribution is -2.50. The maximum Gasteiger partial charge on any atom is 0.0572 e. The van der Waals surface area contributed by atoms with Crippen LogP contribution in [0.15, 0.2) is 59.6 Å². The summed E-state index contributed by atoms with van der Waals surface area (Å²) < 4.78 is 0. The minimum Gasteiger partial charge on any atom is -0.363 e. The molecule has 1 aliphatic carbocycles. The highest BCUT2D eigenvalue weighted by atomic mass is 15.2. The summed E-state index contributed by atoms with van der Waals surface area (Å²) in [5, 5.41) is 0. The van der Waals surface area contributed by atoms with Crippen molar-refractivity contribution in [2.24, 2.45) is 4.99 Å². The van der Waals surface area contributed by atoms with Crippen molar-refractivity contribution in [1.82, 2.24) is 0 Å². The largest absolute Gasteiger partial charge is 0.363 e. The van der Waals surface area contributed by atoms with Crippen LogP contribution in [0.1, 0.15) is 36.8 Å². The molecule has 0 aromatic heterocycles. The molecule has 0 saturated heterocycles. The van der Waals surface area contributed by atoms with E-state index in [1.165, 1.54) is 48.2 Å². The summed E-state index contributed by atoms with van der Waals surface area (Å²) in [6, 6.07) is 20.6. The molecule has 1 fully saturated rings. The summed E-state index contributed by atoms with van der Waals surface area (Å²) in [6.07, 6.45) is 4.98. The van der Waals surface area contributed by atoms with Gasteiger partial charge in [0.05, 0.1) is 5.41 Å². The van der Waals surface area contributed by atoms with Crippen LogP contribution in [0, 0.1) is 0 Å². The molecule has 0 unspecified atom stereocenters. The molecule has 2 aromatic rings. The third-order valence-electron chi connectivity index (χ3n) is 6.05. The Balaban J connectivity index is 1.64. The van der Waals surface area contributed by atoms with Crippen LogP contribution in [-0.2, 0) is 12.0 Å². The third kappa shape index (κ3) is 1.78. The molecule has 0 radical (unpaired) electrons. The van der Waals surface area contributed by atoms with Gasteiger partial charge in [-0.3, -0.25) is 4.99 Å². The van der Waals surface area contributed by atoms with Crippen LogP contribution in [0.5, 0.6) is 0 Å². The Labute approximate surface area is 137 Å². The number of aliphatic imine (C=N–C) groups is 1. The maximum absolute atomic E-state index is 4.92. The van der Waals surface area contributed by atoms with Gasteiger partial charge >= 0.3 is 0 Å². The summed E-state index contributed by atoms with van der Waals surface area (Å²) in [7, 11) is 0. The van der Waals surface area contributed by atoms with E-state index in [2.05, 4.69) is 59.5 Å². The quantitative estimate of drug-likeness (QED) is 0.805. The number of anilines is 1. The minimum atomic E-state index is 0.212. The average Bonchev–Trinajstić information content (AvgIpc) is 3.16. The van der Waals surface area contributed by atoms with Crippen molar-refractivity contribution in [3.63, 3.8) is 0 Å². The van der Waals surface area contributed by atoms with Crippen LogP contribution in [-0.4, -0.2) is 18.3 Å². The summed E-state index contributed by atoms with van der Waals surface area (Å²) in [4.78, 5) is 7.59. The van der Waals surface area contributed by atoms with E-state index in [0.29, 0.717) is 6.04 Å². The van der Waals surface area contributed by atoms with Gasteiger partial charge in [-0.2, -0.15) is 0 Å². The molecule has 1 saturated carbocycles. The third-order valence-corrected chi connectivity index (χ3v) is 6.05. The van der Waals surface area contributed by atoms with E-state index in [0.717, 1.165) is 13.1 Å². The molecule has 2 heterocycles. The fraction of sp³-hybridized carbons (Fsp3) is 0.381. The van der Waals surface area contributed by atoms with Crippen molar-refractivity contribution in [3.8, 4) is 0 Å². The van der Waals surface area contributed by atoms with E-state index in [1.807, 2.05) is 0 Å². The lowest BCUT2D eigenvalue weighted by Gasteiger charge is -2.41. The SMILES string of the molecule is c1ccc(CN2c3ccccc3[C@]34CCN=C3CCC[C@H]24)cc1. The number of nitrogens with zero attached hydrogens (tertiary/aromatic N) is 2. The zero-order valence-corrected chi connectivity index (χ0v) is 13.4. The molecule has 116 valence electrons. The van der Waals surface area contributed by atoms with Crippen LogP contribution < -0.4 is 4.90 Å². The Morgan fingerprint density at radius 1 is 1.04 bits per heavy atom. The maximum atomic E-state index is 4.92. The predicted molar refractivity (Wildman–Crippen MR) is 95.3 cm³/mol. The smallest absolute Gasteiger partial charge is 0.0572 e. The molecule has 0 amide bonds. The first-order chi connectivity index (χ1) is 11.4. The van der Waals surface area contributed by atoms with Gasteiger partial charge in [0, 0.05) is 30.5 Å². The minimum absolute atomic E-state index is 0.212. The van der Waals surface area contributed by atoms with Gasteiger partial charge in [0.1, 0.15) is 0 Å². The average molecular weight is 302 g/mol. The van der Waals surface area contributed by atoms with Crippen LogP contribution in [0.3, 0.4) is 0 Å². The molecule has 0 N–H and O–H groups in total. The second-order valence-electron chi connectivity index (χ2n) is 7.09. The Morgan fingerprint density at radius 3 is 2.78 bits per heavy atom. The highest BCUT2D eigenvalue weighted by Gasteiger charge is 2.56. The normalized spacial score (nSPS) is 28.1. The Morgan fingerprint density at radius 2 is 1.87 bits per heavy atom. The molecule has 23 heavy (non-hydrogen) atoms. The van der Waals surface area contributed by atoms with Gasteiger partial charge in [-0.15, -0.1) is 0 Å². The van der Waals surface area contributed by atoms with E-state index >= 15 is 0 Å². The fourth-order valence-electron chi connectivity index (χ4n) is 5.16. The molecular formula is C21H22N2. The molecule has 2 nitrogen and oxygen atoms in total. The lowest BCUT2D eigenvalue weighted by atomic mass is 9.66. The van der Waals surface area contributed by atoms with E-state index < -0.39 is 0 Å². The molecule has 0 bridgehead atoms. The lowest BCUT2D eigenvalue weighted by molar-refractivity contribution is 0.390. The van der Waals surface area contributed by atoms with Crippen LogP contribution in [0.4, 0.5) is 5.69 Å². The predicted octanol–water partition coefficient (Wildman–Crippen LogP) is 4.34. The van der Waals surface area contributed by atoms with Gasteiger partial charge in [-0.1, -0.05) is 48.5 Å². The highest BCUT2D eigenvalue weighted by molar-refractivity contribution is 6.01. The number of rotatable bonds is 2. The molecule has 2 aromatic carbocycles. The summed E-state index contributed by atoms with van der Waals surface area (Å²) in [5.41, 5.74) is 6.08. The molecule has 1 spiro atoms. The molecule has 2 heteroatoms. The number of fused-ring (bicyclic) bond motifs is 1. The molecule has 2 atom stereocenters. The van der Waals surface area contributed by atoms with Crippen LogP contribution in [0.2, 0.25) is 0 Å². The van der Waals surface area contributed by atoms with Crippen molar-refractivity contribution in [2.45, 2.75) is 43.7 Å². The summed E-state index contributed by atoms with van der Waals surface area (Å²) in [5.74, 6) is 0. The first-order valence-corrected chi connectivity index (χ1v) is 8.83. The summed E-state index contributed by atoms with van der Waals surface area (Å²) in [6.45, 7) is 2.02. The summed E-state index contributed by atoms with van der Waals surface area (Å²) >= 11 is 0. The van der Waals surface area contributed by atoms with Crippen LogP contribution >= 0.6 is 0 Å². The van der Waals surface area contributed by atoms with Crippen molar-refractivity contribution in [1.29, 1.82) is 0 Å². The van der Waals surface area contributed by atoms with Gasteiger partial charge in [0.15, 0.2) is 0 Å². The van der Waals surface area contributed by atoms with Crippen molar-refractivity contribution >= 4 is 11.4 Å². The van der Waals surface area contributed by atoms with E-state index in [9.17, 15) is 0 Å². The fourth-order valence-corrected chi connectivity index (χ4v) is 5.16. The number of para-hydroxylation sites is 1. The first-order valence-electron chi connectivity index (χ1n) is 8.83. The van der Waals surface area contributed by atoms with Gasteiger partial charge in [-0.25, -0.2) is 0 Å². The highest BCUT2D eigenvalue weighted by Crippen LogP contribution is 2.54. The van der Waals surface area contributed by atoms with E-state index in [1.54, 1.807) is 0 Å². The van der Waals surface area contributed by atoms with Crippen molar-refractivity contribution in [2.75, 3.05) is 11.4 Å².